The van der Waals surface area contributed by atoms with Gasteiger partial charge >= 0.3 is 0 Å². The van der Waals surface area contributed by atoms with Crippen LogP contribution in [0.4, 0.5) is 0 Å². The summed E-state index contributed by atoms with van der Waals surface area (Å²) in [7, 11) is 2.25. The van der Waals surface area contributed by atoms with Gasteiger partial charge in [0.05, 0.1) is 0 Å². The van der Waals surface area contributed by atoms with Crippen molar-refractivity contribution in [2.24, 2.45) is 5.92 Å². The molecule has 76 valence electrons. The van der Waals surface area contributed by atoms with Crippen molar-refractivity contribution in [3.8, 4) is 0 Å². The highest BCUT2D eigenvalue weighted by Crippen LogP contribution is 2.25. The molecule has 2 aliphatic heterocycles. The predicted molar refractivity (Wildman–Crippen MR) is 55.9 cm³/mol. The summed E-state index contributed by atoms with van der Waals surface area (Å²) in [6, 6.07) is 1.64. The topological polar surface area (TPSA) is 6.48 Å². The normalized spacial score (nSPS) is 43.2. The fraction of sp³-hybridized carbons (Fsp3) is 1.00. The third-order valence-electron chi connectivity index (χ3n) is 3.84. The molecule has 0 spiro atoms. The molecular weight excluding hydrogens is 160 g/mol. The van der Waals surface area contributed by atoms with Crippen molar-refractivity contribution >= 4 is 0 Å². The Bertz CT molecular complexity index is 171. The number of hydrogen-bond acceptors (Lipinski definition) is 2. The lowest BCUT2D eigenvalue weighted by Crippen LogP contribution is -2.35. The van der Waals surface area contributed by atoms with E-state index in [0.717, 1.165) is 18.0 Å². The highest BCUT2D eigenvalue weighted by Gasteiger charge is 2.33. The molecule has 0 aromatic heterocycles. The summed E-state index contributed by atoms with van der Waals surface area (Å²) in [5, 5.41) is 0. The van der Waals surface area contributed by atoms with E-state index in [1.54, 1.807) is 0 Å². The van der Waals surface area contributed by atoms with E-state index in [4.69, 9.17) is 0 Å². The summed E-state index contributed by atoms with van der Waals surface area (Å²) < 4.78 is 0. The van der Waals surface area contributed by atoms with Crippen LogP contribution in [0.1, 0.15) is 26.7 Å². The highest BCUT2D eigenvalue weighted by molar-refractivity contribution is 4.89. The molecule has 3 atom stereocenters. The fourth-order valence-electron chi connectivity index (χ4n) is 2.73. The predicted octanol–water partition coefficient (Wildman–Crippen LogP) is 1.42. The average Bonchev–Trinajstić information content (AvgIpc) is 2.61. The Morgan fingerprint density at radius 2 is 1.92 bits per heavy atom. The number of rotatable bonds is 1. The quantitative estimate of drug-likeness (QED) is 0.605. The van der Waals surface area contributed by atoms with E-state index in [1.165, 1.54) is 32.5 Å². The first-order valence-electron chi connectivity index (χ1n) is 5.61. The van der Waals surface area contributed by atoms with Gasteiger partial charge in [-0.2, -0.15) is 0 Å². The van der Waals surface area contributed by atoms with Crippen LogP contribution in [-0.4, -0.2) is 48.6 Å². The number of hydrogen-bond donors (Lipinski definition) is 0. The van der Waals surface area contributed by atoms with Gasteiger partial charge in [-0.25, -0.2) is 0 Å². The fourth-order valence-corrected chi connectivity index (χ4v) is 2.73. The molecule has 3 unspecified atom stereocenters. The van der Waals surface area contributed by atoms with E-state index < -0.39 is 0 Å². The van der Waals surface area contributed by atoms with Crippen molar-refractivity contribution in [3.63, 3.8) is 0 Å². The average molecular weight is 182 g/mol. The minimum absolute atomic E-state index is 0.793. The Balaban J connectivity index is 1.89. The van der Waals surface area contributed by atoms with Crippen LogP contribution < -0.4 is 0 Å². The van der Waals surface area contributed by atoms with Crippen LogP contribution in [0, 0.1) is 5.92 Å². The van der Waals surface area contributed by atoms with E-state index >= 15 is 0 Å². The van der Waals surface area contributed by atoms with Crippen molar-refractivity contribution in [2.75, 3.05) is 26.7 Å². The number of likely N-dealkylation sites (N-methyl/N-ethyl adjacent to an activating group) is 1. The molecular formula is C11H22N2. The molecule has 13 heavy (non-hydrogen) atoms. The smallest absolute Gasteiger partial charge is 0.0238 e. The van der Waals surface area contributed by atoms with E-state index in [0.29, 0.717) is 0 Å². The van der Waals surface area contributed by atoms with E-state index in [-0.39, 0.29) is 0 Å². The van der Waals surface area contributed by atoms with Crippen molar-refractivity contribution in [3.05, 3.63) is 0 Å². The van der Waals surface area contributed by atoms with Crippen LogP contribution in [-0.2, 0) is 0 Å². The summed E-state index contributed by atoms with van der Waals surface area (Å²) in [5.41, 5.74) is 0. The van der Waals surface area contributed by atoms with Gasteiger partial charge in [0.25, 0.3) is 0 Å². The Morgan fingerprint density at radius 1 is 1.15 bits per heavy atom. The SMILES string of the molecule is CC1CCN(C2CC(C)N(C)C2)C1. The molecule has 0 N–H and O–H groups in total. The monoisotopic (exact) mass is 182 g/mol. The molecule has 2 heteroatoms. The van der Waals surface area contributed by atoms with Crippen LogP contribution >= 0.6 is 0 Å². The molecule has 2 heterocycles. The number of nitrogens with zero attached hydrogens (tertiary/aromatic N) is 2. The lowest BCUT2D eigenvalue weighted by atomic mass is 10.1. The lowest BCUT2D eigenvalue weighted by molar-refractivity contribution is 0.235. The van der Waals surface area contributed by atoms with Gasteiger partial charge in [0, 0.05) is 25.2 Å². The molecule has 0 amide bonds. The summed E-state index contributed by atoms with van der Waals surface area (Å²) in [6.07, 6.45) is 2.79. The standard InChI is InChI=1S/C11H22N2/c1-9-4-5-13(7-9)11-6-10(2)12(3)8-11/h9-11H,4-8H2,1-3H3. The maximum Gasteiger partial charge on any atom is 0.0238 e. The van der Waals surface area contributed by atoms with Crippen LogP contribution in [0.15, 0.2) is 0 Å². The molecule has 2 fully saturated rings. The van der Waals surface area contributed by atoms with Gasteiger partial charge < -0.3 is 4.90 Å². The maximum absolute atomic E-state index is 2.70. The van der Waals surface area contributed by atoms with Crippen LogP contribution in [0.3, 0.4) is 0 Å². The van der Waals surface area contributed by atoms with Crippen LogP contribution in [0.5, 0.6) is 0 Å². The highest BCUT2D eigenvalue weighted by atomic mass is 15.3. The first-order valence-corrected chi connectivity index (χ1v) is 5.61. The molecule has 2 nitrogen and oxygen atoms in total. The summed E-state index contributed by atoms with van der Waals surface area (Å²) >= 11 is 0. The summed E-state index contributed by atoms with van der Waals surface area (Å²) in [6.45, 7) is 8.69. The lowest BCUT2D eigenvalue weighted by Gasteiger charge is -2.23. The Labute approximate surface area is 81.9 Å². The third-order valence-corrected chi connectivity index (χ3v) is 3.84. The van der Waals surface area contributed by atoms with Gasteiger partial charge in [-0.1, -0.05) is 6.92 Å². The Morgan fingerprint density at radius 3 is 2.38 bits per heavy atom. The van der Waals surface area contributed by atoms with Gasteiger partial charge in [0.1, 0.15) is 0 Å². The van der Waals surface area contributed by atoms with E-state index in [2.05, 4.69) is 30.7 Å². The van der Waals surface area contributed by atoms with Crippen molar-refractivity contribution in [2.45, 2.75) is 38.8 Å². The zero-order valence-corrected chi connectivity index (χ0v) is 9.16. The van der Waals surface area contributed by atoms with Gasteiger partial charge in [-0.05, 0) is 39.3 Å². The van der Waals surface area contributed by atoms with Gasteiger partial charge in [-0.3, -0.25) is 4.90 Å². The van der Waals surface area contributed by atoms with E-state index in [9.17, 15) is 0 Å². The van der Waals surface area contributed by atoms with Crippen LogP contribution in [0.25, 0.3) is 0 Å². The number of likely N-dealkylation sites (tertiary alicyclic amines) is 2. The van der Waals surface area contributed by atoms with Crippen molar-refractivity contribution < 1.29 is 0 Å². The van der Waals surface area contributed by atoms with Gasteiger partial charge in [-0.15, -0.1) is 0 Å². The summed E-state index contributed by atoms with van der Waals surface area (Å²) in [4.78, 5) is 5.19. The molecule has 2 saturated heterocycles. The largest absolute Gasteiger partial charge is 0.302 e. The Kier molecular flexibility index (Phi) is 2.61. The minimum atomic E-state index is 0.793. The second kappa shape index (κ2) is 3.58. The molecule has 2 rings (SSSR count). The zero-order valence-electron chi connectivity index (χ0n) is 9.16. The van der Waals surface area contributed by atoms with Gasteiger partial charge in [0.2, 0.25) is 0 Å². The second-order valence-corrected chi connectivity index (χ2v) is 5.07. The molecule has 0 radical (unpaired) electrons. The molecule has 2 aliphatic rings. The summed E-state index contributed by atoms with van der Waals surface area (Å²) in [5.74, 6) is 0.932. The molecule has 0 bridgehead atoms. The molecule has 0 aliphatic carbocycles. The second-order valence-electron chi connectivity index (χ2n) is 5.07. The maximum atomic E-state index is 2.70. The van der Waals surface area contributed by atoms with Crippen molar-refractivity contribution in [1.29, 1.82) is 0 Å². The molecule has 0 aromatic carbocycles. The first-order chi connectivity index (χ1) is 6.16. The molecule has 0 saturated carbocycles. The van der Waals surface area contributed by atoms with E-state index in [1.807, 2.05) is 0 Å². The first kappa shape index (κ1) is 9.47. The zero-order chi connectivity index (χ0) is 9.42. The van der Waals surface area contributed by atoms with Crippen molar-refractivity contribution in [1.82, 2.24) is 9.80 Å². The third kappa shape index (κ3) is 1.89. The minimum Gasteiger partial charge on any atom is -0.302 e. The molecule has 0 aromatic rings. The Hall–Kier alpha value is -0.0800. The van der Waals surface area contributed by atoms with Crippen LogP contribution in [0.2, 0.25) is 0 Å². The van der Waals surface area contributed by atoms with Gasteiger partial charge in [0.15, 0.2) is 0 Å².